The Balaban J connectivity index is 1.89. The average Bonchev–Trinajstić information content (AvgIpc) is 3.05. The Morgan fingerprint density at radius 1 is 1.11 bits per heavy atom. The summed E-state index contributed by atoms with van der Waals surface area (Å²) in [6.07, 6.45) is 1.19. The monoisotopic (exact) mass is 371 g/mol. The summed E-state index contributed by atoms with van der Waals surface area (Å²) in [5.41, 5.74) is 2.13. The highest BCUT2D eigenvalue weighted by atomic mass is 16.5. The number of aryl methyl sites for hydroxylation is 2. The third-order valence-corrected chi connectivity index (χ3v) is 4.44. The molecule has 6 heteroatoms. The third-order valence-electron chi connectivity index (χ3n) is 4.44. The number of esters is 1. The summed E-state index contributed by atoms with van der Waals surface area (Å²) in [6.45, 7) is 3.94. The number of carbonyl (C=O) groups excluding carboxylic acids is 3. The molecule has 0 saturated carbocycles. The maximum absolute atomic E-state index is 12.3. The van der Waals surface area contributed by atoms with Gasteiger partial charge in [-0.05, 0) is 25.0 Å². The van der Waals surface area contributed by atoms with Crippen molar-refractivity contribution in [2.24, 2.45) is 0 Å². The molecule has 2 rings (SSSR count). The van der Waals surface area contributed by atoms with Crippen LogP contribution in [0.5, 0.6) is 0 Å². The topological polar surface area (TPSA) is 76.8 Å². The highest BCUT2D eigenvalue weighted by Crippen LogP contribution is 2.17. The minimum Gasteiger partial charge on any atom is -0.465 e. The second kappa shape index (κ2) is 9.16. The summed E-state index contributed by atoms with van der Waals surface area (Å²) in [6, 6.07) is 9.04. The van der Waals surface area contributed by atoms with Crippen molar-refractivity contribution in [2.45, 2.75) is 39.7 Å². The molecule has 0 aliphatic rings. The van der Waals surface area contributed by atoms with Crippen molar-refractivity contribution in [3.05, 3.63) is 58.5 Å². The van der Waals surface area contributed by atoms with Crippen molar-refractivity contribution in [1.82, 2.24) is 4.90 Å². The molecular formula is C21H25NO5. The number of ether oxygens (including phenoxy) is 1. The molecule has 0 radical (unpaired) electrons. The summed E-state index contributed by atoms with van der Waals surface area (Å²) in [4.78, 5) is 37.6. The van der Waals surface area contributed by atoms with Gasteiger partial charge in [0.1, 0.15) is 17.1 Å². The number of hydrogen-bond acceptors (Lipinski definition) is 5. The van der Waals surface area contributed by atoms with E-state index >= 15 is 0 Å². The zero-order valence-corrected chi connectivity index (χ0v) is 16.2. The van der Waals surface area contributed by atoms with Gasteiger partial charge in [0.2, 0.25) is 5.91 Å². The van der Waals surface area contributed by atoms with Gasteiger partial charge in [0.05, 0.1) is 13.7 Å². The van der Waals surface area contributed by atoms with E-state index in [1.165, 1.54) is 17.6 Å². The normalized spacial score (nSPS) is 10.5. The van der Waals surface area contributed by atoms with Gasteiger partial charge in [0.25, 0.3) is 0 Å². The van der Waals surface area contributed by atoms with E-state index in [1.54, 1.807) is 32.2 Å². The van der Waals surface area contributed by atoms with E-state index in [4.69, 9.17) is 4.42 Å². The number of rotatable bonds is 8. The van der Waals surface area contributed by atoms with E-state index in [0.29, 0.717) is 22.6 Å². The zero-order valence-electron chi connectivity index (χ0n) is 16.2. The average molecular weight is 371 g/mol. The number of Topliss-reactive ketones (excluding diaryl/α,β-unsaturated/α-hetero) is 1. The van der Waals surface area contributed by atoms with Crippen LogP contribution in [-0.2, 0) is 22.5 Å². The second-order valence-corrected chi connectivity index (χ2v) is 6.40. The fraction of sp³-hybridized carbons (Fsp3) is 0.381. The maximum atomic E-state index is 12.3. The first kappa shape index (κ1) is 20.4. The summed E-state index contributed by atoms with van der Waals surface area (Å²) in [5.74, 6) is 0.244. The minimum absolute atomic E-state index is 0.0544. The van der Waals surface area contributed by atoms with Crippen molar-refractivity contribution in [3.63, 3.8) is 0 Å². The van der Waals surface area contributed by atoms with Crippen molar-refractivity contribution in [1.29, 1.82) is 0 Å². The Morgan fingerprint density at radius 3 is 2.37 bits per heavy atom. The van der Waals surface area contributed by atoms with Crippen LogP contribution in [0.2, 0.25) is 0 Å². The number of benzene rings is 1. The molecule has 2 aromatic rings. The SMILES string of the molecule is CCc1ccc(C(=O)CCC(=O)N(C)Cc2cc(C(=O)OC)c(C)o2)cc1. The van der Waals surface area contributed by atoms with E-state index in [1.807, 2.05) is 12.1 Å². The smallest absolute Gasteiger partial charge is 0.341 e. The van der Waals surface area contributed by atoms with Crippen molar-refractivity contribution in [3.8, 4) is 0 Å². The Morgan fingerprint density at radius 2 is 1.78 bits per heavy atom. The van der Waals surface area contributed by atoms with Crippen LogP contribution >= 0.6 is 0 Å². The van der Waals surface area contributed by atoms with E-state index in [2.05, 4.69) is 11.7 Å². The van der Waals surface area contributed by atoms with Gasteiger partial charge in [-0.1, -0.05) is 31.2 Å². The van der Waals surface area contributed by atoms with Gasteiger partial charge in [-0.2, -0.15) is 0 Å². The van der Waals surface area contributed by atoms with Crippen LogP contribution in [0.1, 0.15) is 57.6 Å². The van der Waals surface area contributed by atoms with E-state index < -0.39 is 5.97 Å². The number of carbonyl (C=O) groups is 3. The predicted molar refractivity (Wildman–Crippen MR) is 101 cm³/mol. The van der Waals surface area contributed by atoms with Crippen LogP contribution in [0.4, 0.5) is 0 Å². The van der Waals surface area contributed by atoms with Gasteiger partial charge >= 0.3 is 5.97 Å². The molecule has 144 valence electrons. The Kier molecular flexibility index (Phi) is 6.93. The lowest BCUT2D eigenvalue weighted by atomic mass is 10.0. The summed E-state index contributed by atoms with van der Waals surface area (Å²) in [5, 5.41) is 0. The Hall–Kier alpha value is -2.89. The molecular weight excluding hydrogens is 346 g/mol. The van der Waals surface area contributed by atoms with E-state index in [9.17, 15) is 14.4 Å². The quantitative estimate of drug-likeness (QED) is 0.524. The van der Waals surface area contributed by atoms with Crippen LogP contribution in [0.25, 0.3) is 0 Å². The number of methoxy groups -OCH3 is 1. The van der Waals surface area contributed by atoms with Gasteiger partial charge in [-0.15, -0.1) is 0 Å². The highest BCUT2D eigenvalue weighted by molar-refractivity contribution is 5.98. The van der Waals surface area contributed by atoms with E-state index in [-0.39, 0.29) is 31.1 Å². The predicted octanol–water partition coefficient (Wildman–Crippen LogP) is 3.56. The van der Waals surface area contributed by atoms with Gasteiger partial charge < -0.3 is 14.1 Å². The molecule has 0 atom stereocenters. The van der Waals surface area contributed by atoms with Crippen LogP contribution in [0.3, 0.4) is 0 Å². The first-order valence-electron chi connectivity index (χ1n) is 8.89. The maximum Gasteiger partial charge on any atom is 0.341 e. The lowest BCUT2D eigenvalue weighted by molar-refractivity contribution is -0.130. The van der Waals surface area contributed by atoms with Crippen LogP contribution in [0, 0.1) is 6.92 Å². The largest absolute Gasteiger partial charge is 0.465 e. The summed E-state index contributed by atoms with van der Waals surface area (Å²) in [7, 11) is 2.94. The second-order valence-electron chi connectivity index (χ2n) is 6.40. The molecule has 1 aromatic carbocycles. The van der Waals surface area contributed by atoms with Crippen molar-refractivity contribution < 1.29 is 23.5 Å². The molecule has 1 amide bonds. The molecule has 0 bridgehead atoms. The van der Waals surface area contributed by atoms with Gasteiger partial charge in [-0.3, -0.25) is 9.59 Å². The third kappa shape index (κ3) is 5.29. The molecule has 1 heterocycles. The molecule has 0 saturated heterocycles. The summed E-state index contributed by atoms with van der Waals surface area (Å²) >= 11 is 0. The number of hydrogen-bond donors (Lipinski definition) is 0. The van der Waals surface area contributed by atoms with Crippen molar-refractivity contribution >= 4 is 17.7 Å². The minimum atomic E-state index is -0.476. The molecule has 0 fully saturated rings. The van der Waals surface area contributed by atoms with Crippen molar-refractivity contribution in [2.75, 3.05) is 14.2 Å². The number of furan rings is 1. The summed E-state index contributed by atoms with van der Waals surface area (Å²) < 4.78 is 10.2. The van der Waals surface area contributed by atoms with Crippen LogP contribution in [0.15, 0.2) is 34.7 Å². The zero-order chi connectivity index (χ0) is 20.0. The molecule has 0 N–H and O–H groups in total. The lowest BCUT2D eigenvalue weighted by Gasteiger charge is -2.15. The lowest BCUT2D eigenvalue weighted by Crippen LogP contribution is -2.26. The number of nitrogens with zero attached hydrogens (tertiary/aromatic N) is 1. The molecule has 0 aliphatic carbocycles. The first-order valence-corrected chi connectivity index (χ1v) is 8.89. The molecule has 0 unspecified atom stereocenters. The molecule has 0 spiro atoms. The highest BCUT2D eigenvalue weighted by Gasteiger charge is 2.18. The standard InChI is InChI=1S/C21H25NO5/c1-5-15-6-8-16(9-7-15)19(23)10-11-20(24)22(3)13-17-12-18(14(2)27-17)21(25)26-4/h6-9,12H,5,10-11,13H2,1-4H3. The fourth-order valence-electron chi connectivity index (χ4n) is 2.74. The number of amides is 1. The van der Waals surface area contributed by atoms with Crippen LogP contribution in [-0.4, -0.2) is 36.7 Å². The van der Waals surface area contributed by atoms with E-state index in [0.717, 1.165) is 6.42 Å². The first-order chi connectivity index (χ1) is 12.8. The number of ketones is 1. The fourth-order valence-corrected chi connectivity index (χ4v) is 2.74. The molecule has 0 aliphatic heterocycles. The van der Waals surface area contributed by atoms with Gasteiger partial charge in [0.15, 0.2) is 5.78 Å². The molecule has 27 heavy (non-hydrogen) atoms. The van der Waals surface area contributed by atoms with Gasteiger partial charge in [0, 0.05) is 25.5 Å². The molecule has 6 nitrogen and oxygen atoms in total. The Labute approximate surface area is 159 Å². The molecule has 1 aromatic heterocycles. The van der Waals surface area contributed by atoms with Gasteiger partial charge in [-0.25, -0.2) is 4.79 Å². The van der Waals surface area contributed by atoms with Crippen LogP contribution < -0.4 is 0 Å². The Bertz CT molecular complexity index is 820.